The molecule has 26 heavy (non-hydrogen) atoms. The smallest absolute Gasteiger partial charge is 0.160 e. The highest BCUT2D eigenvalue weighted by Gasteiger charge is 2.32. The number of nitrogens with zero attached hydrogens (tertiary/aromatic N) is 2. The lowest BCUT2D eigenvalue weighted by Gasteiger charge is -2.35. The molecule has 0 aromatic heterocycles. The Labute approximate surface area is 152 Å². The van der Waals surface area contributed by atoms with Gasteiger partial charge in [-0.25, -0.2) is 0 Å². The van der Waals surface area contributed by atoms with Crippen LogP contribution in [0.3, 0.4) is 0 Å². The van der Waals surface area contributed by atoms with Crippen molar-refractivity contribution in [2.75, 3.05) is 10.6 Å². The first kappa shape index (κ1) is 14.9. The van der Waals surface area contributed by atoms with Gasteiger partial charge in [0.1, 0.15) is 0 Å². The molecule has 3 aromatic carbocycles. The number of hydrogen-bond donors (Lipinski definition) is 2. The van der Waals surface area contributed by atoms with Crippen LogP contribution in [0.4, 0.5) is 11.4 Å². The van der Waals surface area contributed by atoms with Crippen LogP contribution in [0.5, 0.6) is 0 Å². The monoisotopic (exact) mass is 338 g/mol. The molecule has 4 heteroatoms. The largest absolute Gasteiger partial charge is 0.359 e. The van der Waals surface area contributed by atoms with Gasteiger partial charge in [0.05, 0.1) is 22.8 Å². The van der Waals surface area contributed by atoms with Gasteiger partial charge in [0.25, 0.3) is 0 Å². The predicted octanol–water partition coefficient (Wildman–Crippen LogP) is 4.17. The van der Waals surface area contributed by atoms with E-state index in [1.165, 1.54) is 0 Å². The molecule has 2 N–H and O–H groups in total. The predicted molar refractivity (Wildman–Crippen MR) is 107 cm³/mol. The van der Waals surface area contributed by atoms with E-state index in [0.717, 1.165) is 33.9 Å². The highest BCUT2D eigenvalue weighted by Crippen LogP contribution is 2.31. The topological polar surface area (TPSA) is 48.8 Å². The number of rotatable bonds is 2. The maximum absolute atomic E-state index is 5.04. The second-order valence-electron chi connectivity index (χ2n) is 6.41. The van der Waals surface area contributed by atoms with Crippen LogP contribution in [0.1, 0.15) is 11.1 Å². The van der Waals surface area contributed by atoms with Crippen molar-refractivity contribution >= 4 is 22.8 Å². The Morgan fingerprint density at radius 2 is 0.885 bits per heavy atom. The van der Waals surface area contributed by atoms with E-state index in [-0.39, 0.29) is 12.3 Å². The summed E-state index contributed by atoms with van der Waals surface area (Å²) in [6, 6.07) is 28.7. The second-order valence-corrected chi connectivity index (χ2v) is 6.41. The maximum Gasteiger partial charge on any atom is 0.160 e. The van der Waals surface area contributed by atoms with Crippen molar-refractivity contribution in [3.05, 3.63) is 96.1 Å². The fraction of sp³-hybridized carbons (Fsp3) is 0.0909. The average Bonchev–Trinajstić information content (AvgIpc) is 2.72. The number of aliphatic imine (C=N–C) groups is 2. The van der Waals surface area contributed by atoms with Gasteiger partial charge in [-0.05, 0) is 12.1 Å². The van der Waals surface area contributed by atoms with E-state index in [0.29, 0.717) is 0 Å². The highest BCUT2D eigenvalue weighted by atomic mass is 15.3. The van der Waals surface area contributed by atoms with Crippen molar-refractivity contribution < 1.29 is 0 Å². The number of benzene rings is 3. The lowest BCUT2D eigenvalue weighted by atomic mass is 9.97. The van der Waals surface area contributed by atoms with Crippen LogP contribution in [-0.4, -0.2) is 23.8 Å². The van der Waals surface area contributed by atoms with Crippen molar-refractivity contribution in [2.45, 2.75) is 12.3 Å². The molecule has 126 valence electrons. The van der Waals surface area contributed by atoms with E-state index in [1.807, 2.05) is 48.5 Å². The third-order valence-electron chi connectivity index (χ3n) is 4.69. The SMILES string of the molecule is c1ccc(C2=N[C@@H]3Nc4ccccc4N[C@@H]3N=C2c2ccccc2)cc1. The van der Waals surface area contributed by atoms with Crippen LogP contribution in [0.2, 0.25) is 0 Å². The Balaban J connectivity index is 1.63. The van der Waals surface area contributed by atoms with Crippen molar-refractivity contribution in [3.63, 3.8) is 0 Å². The van der Waals surface area contributed by atoms with Gasteiger partial charge in [0.2, 0.25) is 0 Å². The van der Waals surface area contributed by atoms with E-state index < -0.39 is 0 Å². The first-order chi connectivity index (χ1) is 12.9. The van der Waals surface area contributed by atoms with Gasteiger partial charge in [0, 0.05) is 11.1 Å². The molecule has 2 aliphatic rings. The summed E-state index contributed by atoms with van der Waals surface area (Å²) in [5.41, 5.74) is 6.12. The van der Waals surface area contributed by atoms with Crippen LogP contribution in [-0.2, 0) is 0 Å². The molecule has 0 spiro atoms. The van der Waals surface area contributed by atoms with Crippen LogP contribution in [0, 0.1) is 0 Å². The van der Waals surface area contributed by atoms with E-state index in [1.54, 1.807) is 0 Å². The van der Waals surface area contributed by atoms with Crippen molar-refractivity contribution in [2.24, 2.45) is 9.98 Å². The molecule has 5 rings (SSSR count). The highest BCUT2D eigenvalue weighted by molar-refractivity contribution is 6.54. The Morgan fingerprint density at radius 3 is 1.31 bits per heavy atom. The van der Waals surface area contributed by atoms with Gasteiger partial charge in [-0.15, -0.1) is 0 Å². The zero-order valence-electron chi connectivity index (χ0n) is 14.1. The van der Waals surface area contributed by atoms with Crippen LogP contribution in [0.15, 0.2) is 94.9 Å². The zero-order chi connectivity index (χ0) is 17.3. The summed E-state index contributed by atoms with van der Waals surface area (Å²) >= 11 is 0. The average molecular weight is 338 g/mol. The number of fused-ring (bicyclic) bond motifs is 2. The molecule has 0 fully saturated rings. The van der Waals surface area contributed by atoms with Gasteiger partial charge in [-0.1, -0.05) is 72.8 Å². The number of para-hydroxylation sites is 2. The molecule has 0 saturated heterocycles. The van der Waals surface area contributed by atoms with Crippen LogP contribution in [0.25, 0.3) is 0 Å². The lowest BCUT2D eigenvalue weighted by molar-refractivity contribution is 0.615. The maximum atomic E-state index is 5.04. The summed E-state index contributed by atoms with van der Waals surface area (Å²) in [5, 5.41) is 7.03. The molecule has 2 aliphatic heterocycles. The molecule has 0 unspecified atom stereocenters. The van der Waals surface area contributed by atoms with Crippen LogP contribution < -0.4 is 10.6 Å². The summed E-state index contributed by atoms with van der Waals surface area (Å²) in [6.45, 7) is 0. The molecule has 2 atom stereocenters. The number of anilines is 2. The van der Waals surface area contributed by atoms with Gasteiger partial charge < -0.3 is 10.6 Å². The minimum absolute atomic E-state index is 0.132. The zero-order valence-corrected chi connectivity index (χ0v) is 14.1. The Hall–Kier alpha value is -3.40. The summed E-state index contributed by atoms with van der Waals surface area (Å²) in [7, 11) is 0. The summed E-state index contributed by atoms with van der Waals surface area (Å²) in [4.78, 5) is 10.1. The minimum Gasteiger partial charge on any atom is -0.359 e. The normalized spacial score (nSPS) is 20.6. The van der Waals surface area contributed by atoms with Gasteiger partial charge in [-0.2, -0.15) is 0 Å². The van der Waals surface area contributed by atoms with Crippen LogP contribution >= 0.6 is 0 Å². The molecule has 4 nitrogen and oxygen atoms in total. The van der Waals surface area contributed by atoms with E-state index in [4.69, 9.17) is 9.98 Å². The fourth-order valence-electron chi connectivity index (χ4n) is 3.43. The third-order valence-corrected chi connectivity index (χ3v) is 4.69. The number of hydrogen-bond acceptors (Lipinski definition) is 4. The molecule has 0 saturated carbocycles. The van der Waals surface area contributed by atoms with E-state index >= 15 is 0 Å². The molecule has 0 amide bonds. The molecular formula is C22H18N4. The Kier molecular flexibility index (Phi) is 3.53. The molecule has 0 aliphatic carbocycles. The lowest BCUT2D eigenvalue weighted by Crippen LogP contribution is -2.45. The first-order valence-corrected chi connectivity index (χ1v) is 8.77. The minimum atomic E-state index is -0.132. The second kappa shape index (κ2) is 6.15. The Morgan fingerprint density at radius 1 is 0.500 bits per heavy atom. The molecular weight excluding hydrogens is 320 g/mol. The van der Waals surface area contributed by atoms with Gasteiger partial charge in [0.15, 0.2) is 12.3 Å². The third kappa shape index (κ3) is 2.56. The summed E-state index contributed by atoms with van der Waals surface area (Å²) < 4.78 is 0. The molecule has 3 aromatic rings. The first-order valence-electron chi connectivity index (χ1n) is 8.77. The standard InChI is InChI=1S/C22H18N4/c1-3-9-15(10-4-1)19-20(16-11-5-2-6-12-16)26-22-21(25-19)23-17-13-7-8-14-18(17)24-22/h1-14,21-24H/t21-,22+. The molecule has 2 heterocycles. The van der Waals surface area contributed by atoms with E-state index in [9.17, 15) is 0 Å². The van der Waals surface area contributed by atoms with Crippen molar-refractivity contribution in [3.8, 4) is 0 Å². The molecule has 0 radical (unpaired) electrons. The summed E-state index contributed by atoms with van der Waals surface area (Å²) in [6.07, 6.45) is -0.264. The van der Waals surface area contributed by atoms with E-state index in [2.05, 4.69) is 47.0 Å². The fourth-order valence-corrected chi connectivity index (χ4v) is 3.43. The quantitative estimate of drug-likeness (QED) is 0.737. The van der Waals surface area contributed by atoms with Gasteiger partial charge in [-0.3, -0.25) is 9.98 Å². The van der Waals surface area contributed by atoms with Gasteiger partial charge >= 0.3 is 0 Å². The van der Waals surface area contributed by atoms with Crippen molar-refractivity contribution in [1.82, 2.24) is 0 Å². The van der Waals surface area contributed by atoms with Crippen molar-refractivity contribution in [1.29, 1.82) is 0 Å². The number of nitrogens with one attached hydrogen (secondary N) is 2. The summed E-state index contributed by atoms with van der Waals surface area (Å²) in [5.74, 6) is 0. The Bertz CT molecular complexity index is 910. The molecule has 0 bridgehead atoms.